The van der Waals surface area contributed by atoms with Gasteiger partial charge in [-0.1, -0.05) is 6.07 Å². The summed E-state index contributed by atoms with van der Waals surface area (Å²) < 4.78 is 14.9. The van der Waals surface area contributed by atoms with Crippen LogP contribution in [-0.4, -0.2) is 32.6 Å². The van der Waals surface area contributed by atoms with Crippen molar-refractivity contribution in [3.05, 3.63) is 23.8 Å². The average molecular weight is 238 g/mol. The molecule has 5 nitrogen and oxygen atoms in total. The van der Waals surface area contributed by atoms with E-state index in [-0.39, 0.29) is 12.2 Å². The molecule has 0 spiro atoms. The molecule has 0 atom stereocenters. The van der Waals surface area contributed by atoms with E-state index < -0.39 is 5.97 Å². The minimum absolute atomic E-state index is 0.234. The minimum Gasteiger partial charge on any atom is -0.496 e. The van der Waals surface area contributed by atoms with Crippen LogP contribution >= 0.6 is 0 Å². The molecule has 0 bridgehead atoms. The second kappa shape index (κ2) is 6.52. The highest BCUT2D eigenvalue weighted by atomic mass is 16.6. The topological polar surface area (TPSA) is 61.8 Å². The van der Waals surface area contributed by atoms with Crippen LogP contribution in [0.25, 0.3) is 0 Å². The van der Waals surface area contributed by atoms with Crippen LogP contribution in [0.5, 0.6) is 11.5 Å². The summed E-state index contributed by atoms with van der Waals surface area (Å²) in [6.45, 7) is 1.77. The highest BCUT2D eigenvalue weighted by Gasteiger charge is 2.11. The summed E-state index contributed by atoms with van der Waals surface area (Å²) in [6.07, 6.45) is 0.624. The number of aldehydes is 1. The third kappa shape index (κ3) is 3.48. The maximum atomic E-state index is 11.1. The van der Waals surface area contributed by atoms with Crippen LogP contribution in [0.1, 0.15) is 17.3 Å². The van der Waals surface area contributed by atoms with Crippen LogP contribution in [-0.2, 0) is 9.53 Å². The molecule has 0 fully saturated rings. The molecule has 0 heterocycles. The summed E-state index contributed by atoms with van der Waals surface area (Å²) in [5, 5.41) is 0. The summed E-state index contributed by atoms with van der Waals surface area (Å²) in [7, 11) is 1.46. The number of carbonyl (C=O) groups is 2. The van der Waals surface area contributed by atoms with Crippen LogP contribution in [0.15, 0.2) is 18.2 Å². The number of benzene rings is 1. The summed E-state index contributed by atoms with van der Waals surface area (Å²) >= 11 is 0. The Morgan fingerprint density at radius 1 is 1.35 bits per heavy atom. The van der Waals surface area contributed by atoms with Gasteiger partial charge in [-0.2, -0.15) is 0 Å². The summed E-state index contributed by atoms with van der Waals surface area (Å²) in [6, 6.07) is 4.90. The van der Waals surface area contributed by atoms with E-state index in [9.17, 15) is 9.59 Å². The average Bonchev–Trinajstić information content (AvgIpc) is 2.36. The molecule has 0 aromatic heterocycles. The van der Waals surface area contributed by atoms with E-state index in [0.29, 0.717) is 24.4 Å². The summed E-state index contributed by atoms with van der Waals surface area (Å²) in [5.74, 6) is 0.223. The number of esters is 1. The van der Waals surface area contributed by atoms with Gasteiger partial charge in [0.15, 0.2) is 12.9 Å². The molecule has 0 saturated carbocycles. The van der Waals surface area contributed by atoms with Crippen molar-refractivity contribution in [1.29, 1.82) is 0 Å². The Hall–Kier alpha value is -2.04. The number of rotatable bonds is 6. The Morgan fingerprint density at radius 2 is 2.06 bits per heavy atom. The zero-order valence-corrected chi connectivity index (χ0v) is 9.76. The van der Waals surface area contributed by atoms with Gasteiger partial charge >= 0.3 is 5.97 Å². The SMILES string of the molecule is CCOC(=O)COc1cccc(OC)c1C=O. The highest BCUT2D eigenvalue weighted by Crippen LogP contribution is 2.26. The third-order valence-corrected chi connectivity index (χ3v) is 2.01. The molecule has 0 aliphatic heterocycles. The van der Waals surface area contributed by atoms with Crippen molar-refractivity contribution >= 4 is 12.3 Å². The Labute approximate surface area is 99.3 Å². The van der Waals surface area contributed by atoms with Crippen molar-refractivity contribution in [2.45, 2.75) is 6.92 Å². The molecule has 1 aromatic rings. The second-order valence-corrected chi connectivity index (χ2v) is 3.08. The Bertz CT molecular complexity index is 400. The Kier molecular flexibility index (Phi) is 5.00. The van der Waals surface area contributed by atoms with E-state index in [1.54, 1.807) is 25.1 Å². The van der Waals surface area contributed by atoms with Gasteiger partial charge in [0.25, 0.3) is 0 Å². The molecule has 1 rings (SSSR count). The lowest BCUT2D eigenvalue weighted by Crippen LogP contribution is -2.15. The first-order chi connectivity index (χ1) is 8.22. The molecule has 0 amide bonds. The molecule has 0 radical (unpaired) electrons. The zero-order valence-electron chi connectivity index (χ0n) is 9.76. The second-order valence-electron chi connectivity index (χ2n) is 3.08. The largest absolute Gasteiger partial charge is 0.496 e. The number of hydrogen-bond donors (Lipinski definition) is 0. The highest BCUT2D eigenvalue weighted by molar-refractivity contribution is 5.84. The summed E-state index contributed by atoms with van der Waals surface area (Å²) in [5.41, 5.74) is 0.277. The maximum absolute atomic E-state index is 11.1. The van der Waals surface area contributed by atoms with Gasteiger partial charge in [-0.3, -0.25) is 4.79 Å². The third-order valence-electron chi connectivity index (χ3n) is 2.01. The van der Waals surface area contributed by atoms with Gasteiger partial charge in [0.1, 0.15) is 11.5 Å². The van der Waals surface area contributed by atoms with E-state index in [4.69, 9.17) is 14.2 Å². The van der Waals surface area contributed by atoms with E-state index in [1.807, 2.05) is 0 Å². The predicted molar refractivity (Wildman–Crippen MR) is 60.5 cm³/mol. The van der Waals surface area contributed by atoms with Crippen LogP contribution in [0.4, 0.5) is 0 Å². The van der Waals surface area contributed by atoms with Gasteiger partial charge in [0.2, 0.25) is 0 Å². The fourth-order valence-corrected chi connectivity index (χ4v) is 1.28. The molecule has 1 aromatic carbocycles. The molecule has 0 unspecified atom stereocenters. The first kappa shape index (κ1) is 13.0. The standard InChI is InChI=1S/C12H14O5/c1-3-16-12(14)8-17-11-6-4-5-10(15-2)9(11)7-13/h4-7H,3,8H2,1-2H3. The van der Waals surface area contributed by atoms with E-state index in [2.05, 4.69) is 0 Å². The van der Waals surface area contributed by atoms with Gasteiger partial charge in [-0.25, -0.2) is 4.79 Å². The predicted octanol–water partition coefficient (Wildman–Crippen LogP) is 1.45. The molecule has 0 aliphatic rings. The lowest BCUT2D eigenvalue weighted by Gasteiger charge is -2.10. The molecule has 5 heteroatoms. The smallest absolute Gasteiger partial charge is 0.344 e. The number of carbonyl (C=O) groups excluding carboxylic acids is 2. The fraction of sp³-hybridized carbons (Fsp3) is 0.333. The van der Waals surface area contributed by atoms with Crippen molar-refractivity contribution < 1.29 is 23.8 Å². The fourth-order valence-electron chi connectivity index (χ4n) is 1.28. The molecule has 17 heavy (non-hydrogen) atoms. The lowest BCUT2D eigenvalue weighted by molar-refractivity contribution is -0.145. The molecule has 0 saturated heterocycles. The normalized spacial score (nSPS) is 9.53. The van der Waals surface area contributed by atoms with Crippen LogP contribution < -0.4 is 9.47 Å². The van der Waals surface area contributed by atoms with Crippen molar-refractivity contribution in [3.63, 3.8) is 0 Å². The number of hydrogen-bond acceptors (Lipinski definition) is 5. The minimum atomic E-state index is -0.479. The van der Waals surface area contributed by atoms with Crippen molar-refractivity contribution in [2.75, 3.05) is 20.3 Å². The maximum Gasteiger partial charge on any atom is 0.344 e. The van der Waals surface area contributed by atoms with E-state index in [1.165, 1.54) is 7.11 Å². The van der Waals surface area contributed by atoms with E-state index >= 15 is 0 Å². The van der Waals surface area contributed by atoms with Crippen molar-refractivity contribution in [1.82, 2.24) is 0 Å². The van der Waals surface area contributed by atoms with E-state index in [0.717, 1.165) is 0 Å². The monoisotopic (exact) mass is 238 g/mol. The van der Waals surface area contributed by atoms with Gasteiger partial charge in [0, 0.05) is 0 Å². The van der Waals surface area contributed by atoms with Gasteiger partial charge in [-0.15, -0.1) is 0 Å². The first-order valence-electron chi connectivity index (χ1n) is 5.13. The molecular formula is C12H14O5. The first-order valence-corrected chi connectivity index (χ1v) is 5.13. The van der Waals surface area contributed by atoms with Crippen LogP contribution in [0, 0.1) is 0 Å². The zero-order chi connectivity index (χ0) is 12.7. The van der Waals surface area contributed by atoms with Crippen LogP contribution in [0.3, 0.4) is 0 Å². The van der Waals surface area contributed by atoms with Crippen LogP contribution in [0.2, 0.25) is 0 Å². The number of ether oxygens (including phenoxy) is 3. The molecular weight excluding hydrogens is 224 g/mol. The Morgan fingerprint density at radius 3 is 2.65 bits per heavy atom. The molecule has 0 N–H and O–H groups in total. The molecule has 0 aliphatic carbocycles. The van der Waals surface area contributed by atoms with Crippen molar-refractivity contribution in [3.8, 4) is 11.5 Å². The lowest BCUT2D eigenvalue weighted by atomic mass is 10.2. The van der Waals surface area contributed by atoms with Gasteiger partial charge in [-0.05, 0) is 19.1 Å². The molecule has 92 valence electrons. The van der Waals surface area contributed by atoms with Gasteiger partial charge in [0.05, 0.1) is 19.3 Å². The van der Waals surface area contributed by atoms with Crippen molar-refractivity contribution in [2.24, 2.45) is 0 Å². The van der Waals surface area contributed by atoms with Gasteiger partial charge < -0.3 is 14.2 Å². The quantitative estimate of drug-likeness (QED) is 0.554. The Balaban J connectivity index is 2.77. The number of methoxy groups -OCH3 is 1. The summed E-state index contributed by atoms with van der Waals surface area (Å²) in [4.78, 5) is 22.0.